The zero-order chi connectivity index (χ0) is 19.3. The number of hydrogen-bond donors (Lipinski definition) is 0. The fourth-order valence-electron chi connectivity index (χ4n) is 2.68. The van der Waals surface area contributed by atoms with Crippen molar-refractivity contribution in [3.05, 3.63) is 28.5 Å². The molecule has 7 nitrogen and oxygen atoms in total. The Kier molecular flexibility index (Phi) is 6.74. The standard InChI is InChI=1S/C18H23ClN2O5/c1-21(2)20-11-6-7-13(15(8-11)24-4)26-18-12(10-22)14(23-3)9-16(25-5)17(18)19/h8-10,13H,6-7H2,1-5H3/b20-11+/t13-/m0/s1. The second kappa shape index (κ2) is 8.80. The Morgan fingerprint density at radius 1 is 1.19 bits per heavy atom. The van der Waals surface area contributed by atoms with Gasteiger partial charge in [-0.05, 0) is 12.8 Å². The molecule has 0 N–H and O–H groups in total. The summed E-state index contributed by atoms with van der Waals surface area (Å²) in [5, 5.41) is 6.34. The average molecular weight is 383 g/mol. The summed E-state index contributed by atoms with van der Waals surface area (Å²) < 4.78 is 22.0. The molecule has 0 unspecified atom stereocenters. The molecular weight excluding hydrogens is 360 g/mol. The molecule has 2 rings (SSSR count). The number of methoxy groups -OCH3 is 3. The van der Waals surface area contributed by atoms with Gasteiger partial charge in [-0.1, -0.05) is 11.6 Å². The molecule has 0 spiro atoms. The number of ether oxygens (including phenoxy) is 4. The average Bonchev–Trinajstić information content (AvgIpc) is 2.63. The third-order valence-corrected chi connectivity index (χ3v) is 4.22. The number of carbonyl (C=O) groups excluding carboxylic acids is 1. The van der Waals surface area contributed by atoms with Gasteiger partial charge in [0.1, 0.15) is 27.8 Å². The Morgan fingerprint density at radius 2 is 1.88 bits per heavy atom. The van der Waals surface area contributed by atoms with Gasteiger partial charge in [0.05, 0.1) is 27.0 Å². The van der Waals surface area contributed by atoms with Crippen LogP contribution in [-0.2, 0) is 4.74 Å². The largest absolute Gasteiger partial charge is 0.497 e. The highest BCUT2D eigenvalue weighted by atomic mass is 35.5. The molecule has 0 saturated heterocycles. The van der Waals surface area contributed by atoms with E-state index in [0.717, 1.165) is 5.71 Å². The van der Waals surface area contributed by atoms with Crippen molar-refractivity contribution >= 4 is 23.6 Å². The van der Waals surface area contributed by atoms with Crippen molar-refractivity contribution < 1.29 is 23.7 Å². The predicted molar refractivity (Wildman–Crippen MR) is 99.8 cm³/mol. The van der Waals surface area contributed by atoms with Crippen LogP contribution in [0.1, 0.15) is 23.2 Å². The van der Waals surface area contributed by atoms with Crippen LogP contribution in [0.2, 0.25) is 5.02 Å². The Labute approximate surface area is 158 Å². The van der Waals surface area contributed by atoms with Crippen molar-refractivity contribution in [2.24, 2.45) is 5.10 Å². The molecule has 0 saturated carbocycles. The topological polar surface area (TPSA) is 69.6 Å². The first-order valence-corrected chi connectivity index (χ1v) is 8.39. The highest BCUT2D eigenvalue weighted by Gasteiger charge is 2.28. The van der Waals surface area contributed by atoms with Gasteiger partial charge in [0.25, 0.3) is 0 Å². The summed E-state index contributed by atoms with van der Waals surface area (Å²) in [5.74, 6) is 1.49. The van der Waals surface area contributed by atoms with Gasteiger partial charge in [0, 0.05) is 26.2 Å². The van der Waals surface area contributed by atoms with Crippen molar-refractivity contribution in [2.45, 2.75) is 18.9 Å². The fourth-order valence-corrected chi connectivity index (χ4v) is 2.96. The third-order valence-electron chi connectivity index (χ3n) is 3.86. The molecule has 0 aromatic heterocycles. The molecule has 0 heterocycles. The maximum Gasteiger partial charge on any atom is 0.157 e. The van der Waals surface area contributed by atoms with Crippen molar-refractivity contribution in [1.82, 2.24) is 5.01 Å². The highest BCUT2D eigenvalue weighted by molar-refractivity contribution is 6.34. The summed E-state index contributed by atoms with van der Waals surface area (Å²) in [7, 11) is 8.22. The summed E-state index contributed by atoms with van der Waals surface area (Å²) in [5.41, 5.74) is 1.11. The molecule has 0 aliphatic heterocycles. The molecule has 142 valence electrons. The van der Waals surface area contributed by atoms with Gasteiger partial charge in [-0.25, -0.2) is 0 Å². The molecular formula is C18H23ClN2O5. The lowest BCUT2D eigenvalue weighted by Gasteiger charge is -2.27. The minimum absolute atomic E-state index is 0.207. The van der Waals surface area contributed by atoms with Crippen molar-refractivity contribution in [3.8, 4) is 17.2 Å². The van der Waals surface area contributed by atoms with E-state index in [0.29, 0.717) is 36.4 Å². The van der Waals surface area contributed by atoms with E-state index in [1.165, 1.54) is 14.2 Å². The maximum atomic E-state index is 11.6. The van der Waals surface area contributed by atoms with Gasteiger partial charge < -0.3 is 24.0 Å². The van der Waals surface area contributed by atoms with E-state index in [-0.39, 0.29) is 16.3 Å². The van der Waals surface area contributed by atoms with Gasteiger partial charge in [0.15, 0.2) is 18.1 Å². The second-order valence-electron chi connectivity index (χ2n) is 5.79. The van der Waals surface area contributed by atoms with E-state index < -0.39 is 6.10 Å². The molecule has 1 atom stereocenters. The summed E-state index contributed by atoms with van der Waals surface area (Å²) in [4.78, 5) is 11.6. The van der Waals surface area contributed by atoms with Gasteiger partial charge in [0.2, 0.25) is 0 Å². The van der Waals surface area contributed by atoms with Gasteiger partial charge in [-0.2, -0.15) is 5.10 Å². The number of benzene rings is 1. The molecule has 1 aliphatic carbocycles. The lowest BCUT2D eigenvalue weighted by Crippen LogP contribution is -2.27. The van der Waals surface area contributed by atoms with Crippen molar-refractivity contribution in [2.75, 3.05) is 35.4 Å². The molecule has 1 aromatic carbocycles. The third kappa shape index (κ3) is 4.22. The Bertz CT molecular complexity index is 731. The van der Waals surface area contributed by atoms with Gasteiger partial charge >= 0.3 is 0 Å². The number of nitrogens with zero attached hydrogens (tertiary/aromatic N) is 2. The van der Waals surface area contributed by atoms with Crippen LogP contribution in [0.25, 0.3) is 0 Å². The summed E-state index contributed by atoms with van der Waals surface area (Å²) in [6, 6.07) is 1.55. The fraction of sp³-hybridized carbons (Fsp3) is 0.444. The summed E-state index contributed by atoms with van der Waals surface area (Å²) in [6.07, 6.45) is 3.40. The number of hydrogen-bond acceptors (Lipinski definition) is 7. The van der Waals surface area contributed by atoms with E-state index in [2.05, 4.69) is 5.10 Å². The van der Waals surface area contributed by atoms with Crippen LogP contribution in [-0.4, -0.2) is 58.5 Å². The molecule has 26 heavy (non-hydrogen) atoms. The number of halogens is 1. The zero-order valence-electron chi connectivity index (χ0n) is 15.5. The summed E-state index contributed by atoms with van der Waals surface area (Å²) >= 11 is 6.37. The molecule has 0 amide bonds. The van der Waals surface area contributed by atoms with E-state index in [4.69, 9.17) is 30.5 Å². The molecule has 0 radical (unpaired) electrons. The van der Waals surface area contributed by atoms with Crippen LogP contribution in [0, 0.1) is 0 Å². The SMILES string of the molecule is COC1=C/C(=N/N(C)C)CC[C@@H]1Oc1c(Cl)c(OC)cc(OC)c1C=O. The molecule has 1 aromatic rings. The van der Waals surface area contributed by atoms with Crippen LogP contribution in [0.5, 0.6) is 17.2 Å². The molecule has 0 bridgehead atoms. The monoisotopic (exact) mass is 382 g/mol. The number of hydrazone groups is 1. The highest BCUT2D eigenvalue weighted by Crippen LogP contribution is 2.43. The predicted octanol–water partition coefficient (Wildman–Crippen LogP) is 3.16. The first-order valence-electron chi connectivity index (χ1n) is 8.01. The van der Waals surface area contributed by atoms with Gasteiger partial charge in [-0.3, -0.25) is 4.79 Å². The lowest BCUT2D eigenvalue weighted by molar-refractivity contribution is 0.110. The smallest absolute Gasteiger partial charge is 0.157 e. The normalized spacial score (nSPS) is 18.2. The minimum Gasteiger partial charge on any atom is -0.497 e. The number of rotatable bonds is 7. The lowest BCUT2D eigenvalue weighted by atomic mass is 10.0. The van der Waals surface area contributed by atoms with Crippen molar-refractivity contribution in [3.63, 3.8) is 0 Å². The second-order valence-corrected chi connectivity index (χ2v) is 6.17. The Hall–Kier alpha value is -2.41. The quantitative estimate of drug-likeness (QED) is 0.533. The van der Waals surface area contributed by atoms with Crippen LogP contribution in [0.15, 0.2) is 23.0 Å². The van der Waals surface area contributed by atoms with Crippen molar-refractivity contribution in [1.29, 1.82) is 0 Å². The number of aldehydes is 1. The van der Waals surface area contributed by atoms with E-state index in [1.807, 2.05) is 20.2 Å². The van der Waals surface area contributed by atoms with E-state index in [9.17, 15) is 4.79 Å². The van der Waals surface area contributed by atoms with Gasteiger partial charge in [-0.15, -0.1) is 0 Å². The first kappa shape index (κ1) is 19.9. The maximum absolute atomic E-state index is 11.6. The first-order chi connectivity index (χ1) is 12.4. The minimum atomic E-state index is -0.408. The van der Waals surface area contributed by atoms with Crippen LogP contribution < -0.4 is 14.2 Å². The summed E-state index contributed by atoms with van der Waals surface area (Å²) in [6.45, 7) is 0. The van der Waals surface area contributed by atoms with Crippen LogP contribution in [0.4, 0.5) is 0 Å². The van der Waals surface area contributed by atoms with E-state index in [1.54, 1.807) is 18.2 Å². The van der Waals surface area contributed by atoms with Crippen LogP contribution >= 0.6 is 11.6 Å². The molecule has 1 aliphatic rings. The zero-order valence-corrected chi connectivity index (χ0v) is 16.3. The number of allylic oxidation sites excluding steroid dienone is 1. The molecule has 8 heteroatoms. The Morgan fingerprint density at radius 3 is 2.42 bits per heavy atom. The molecule has 0 fully saturated rings. The number of carbonyl (C=O) groups is 1. The Balaban J connectivity index is 2.43. The van der Waals surface area contributed by atoms with E-state index >= 15 is 0 Å². The van der Waals surface area contributed by atoms with Crippen LogP contribution in [0.3, 0.4) is 0 Å².